The number of methoxy groups -OCH3 is 1. The lowest BCUT2D eigenvalue weighted by molar-refractivity contribution is 0.0984. The number of ether oxygens (including phenoxy) is 2. The summed E-state index contributed by atoms with van der Waals surface area (Å²) in [6, 6.07) is 8.84. The number of hydrogen-bond donors (Lipinski definition) is 2. The molecule has 0 saturated carbocycles. The maximum Gasteiger partial charge on any atom is 0.249 e. The number of aromatic amines is 1. The van der Waals surface area contributed by atoms with Crippen LogP contribution in [0.3, 0.4) is 0 Å². The number of nitrogens with two attached hydrogens (primary N) is 1. The summed E-state index contributed by atoms with van der Waals surface area (Å²) >= 11 is 0. The van der Waals surface area contributed by atoms with Crippen molar-refractivity contribution in [3.8, 4) is 11.5 Å². The van der Waals surface area contributed by atoms with Gasteiger partial charge in [-0.2, -0.15) is 0 Å². The normalized spacial score (nSPS) is 15.6. The Morgan fingerprint density at radius 3 is 2.91 bits per heavy atom. The number of aromatic nitrogens is 1. The Hall–Kier alpha value is -3.06. The van der Waals surface area contributed by atoms with Gasteiger partial charge in [-0.15, -0.1) is 0 Å². The highest BCUT2D eigenvalue weighted by atomic mass is 19.1. The molecular weight excluding hydrogens is 409 g/mol. The summed E-state index contributed by atoms with van der Waals surface area (Å²) < 4.78 is 25.4. The van der Waals surface area contributed by atoms with Crippen molar-refractivity contribution in [2.75, 3.05) is 26.8 Å². The number of amides is 1. The number of H-pyrrole nitrogens is 1. The third-order valence-corrected chi connectivity index (χ3v) is 6.23. The van der Waals surface area contributed by atoms with Crippen molar-refractivity contribution in [3.05, 3.63) is 59.0 Å². The van der Waals surface area contributed by atoms with E-state index < -0.39 is 11.7 Å². The van der Waals surface area contributed by atoms with E-state index in [1.54, 1.807) is 7.11 Å². The van der Waals surface area contributed by atoms with E-state index in [4.69, 9.17) is 15.2 Å². The number of halogens is 1. The predicted molar refractivity (Wildman–Crippen MR) is 123 cm³/mol. The van der Waals surface area contributed by atoms with E-state index in [9.17, 15) is 9.18 Å². The van der Waals surface area contributed by atoms with Gasteiger partial charge < -0.3 is 20.2 Å². The topological polar surface area (TPSA) is 80.6 Å². The molecule has 32 heavy (non-hydrogen) atoms. The lowest BCUT2D eigenvalue weighted by Crippen LogP contribution is -2.44. The van der Waals surface area contributed by atoms with Gasteiger partial charge in [0.05, 0.1) is 7.11 Å². The highest BCUT2D eigenvalue weighted by Crippen LogP contribution is 2.32. The first kappa shape index (κ1) is 22.1. The van der Waals surface area contributed by atoms with Crippen LogP contribution in [0.2, 0.25) is 0 Å². The zero-order chi connectivity index (χ0) is 22.7. The van der Waals surface area contributed by atoms with Gasteiger partial charge in [0.1, 0.15) is 12.4 Å². The first-order valence-corrected chi connectivity index (χ1v) is 11.1. The van der Waals surface area contributed by atoms with Gasteiger partial charge in [0.15, 0.2) is 11.6 Å². The van der Waals surface area contributed by atoms with Gasteiger partial charge in [-0.05, 0) is 74.7 Å². The molecule has 0 fully saturated rings. The van der Waals surface area contributed by atoms with Crippen molar-refractivity contribution in [1.29, 1.82) is 0 Å². The lowest BCUT2D eigenvalue weighted by atomic mass is 9.95. The van der Waals surface area contributed by atoms with Crippen molar-refractivity contribution in [3.63, 3.8) is 0 Å². The highest BCUT2D eigenvalue weighted by molar-refractivity contribution is 5.95. The van der Waals surface area contributed by atoms with Gasteiger partial charge in [-0.3, -0.25) is 9.69 Å². The number of fused-ring (bicyclic) bond motifs is 2. The zero-order valence-corrected chi connectivity index (χ0v) is 18.6. The van der Waals surface area contributed by atoms with E-state index >= 15 is 0 Å². The van der Waals surface area contributed by atoms with E-state index in [1.165, 1.54) is 23.1 Å². The van der Waals surface area contributed by atoms with Crippen molar-refractivity contribution < 1.29 is 18.7 Å². The molecule has 1 aliphatic heterocycles. The molecule has 0 aliphatic carbocycles. The fourth-order valence-electron chi connectivity index (χ4n) is 4.63. The second-order valence-corrected chi connectivity index (χ2v) is 8.30. The van der Waals surface area contributed by atoms with Crippen LogP contribution in [0.25, 0.3) is 10.9 Å². The summed E-state index contributed by atoms with van der Waals surface area (Å²) in [5.74, 6) is 0.0192. The number of rotatable bonds is 9. The lowest BCUT2D eigenvalue weighted by Gasteiger charge is -2.35. The van der Waals surface area contributed by atoms with Crippen LogP contribution >= 0.6 is 0 Å². The first-order chi connectivity index (χ1) is 15.5. The number of benzene rings is 2. The van der Waals surface area contributed by atoms with Crippen LogP contribution in [0, 0.1) is 5.82 Å². The molecule has 170 valence electrons. The molecule has 3 aromatic rings. The van der Waals surface area contributed by atoms with Gasteiger partial charge in [0.2, 0.25) is 5.91 Å². The number of nitrogens with zero attached hydrogens (tertiary/aromatic N) is 1. The Balaban J connectivity index is 1.46. The van der Waals surface area contributed by atoms with Crippen LogP contribution in [-0.4, -0.2) is 48.6 Å². The van der Waals surface area contributed by atoms with Gasteiger partial charge in [-0.25, -0.2) is 4.39 Å². The molecule has 3 N–H and O–H groups in total. The first-order valence-electron chi connectivity index (χ1n) is 11.1. The maximum absolute atomic E-state index is 14.2. The quantitative estimate of drug-likeness (QED) is 0.527. The van der Waals surface area contributed by atoms with Gasteiger partial charge >= 0.3 is 0 Å². The number of aryl methyl sites for hydroxylation is 1. The predicted octanol–water partition coefficient (Wildman–Crippen LogP) is 4.06. The van der Waals surface area contributed by atoms with Crippen molar-refractivity contribution in [2.45, 2.75) is 38.6 Å². The Labute approximate surface area is 187 Å². The maximum atomic E-state index is 14.2. The molecule has 1 unspecified atom stereocenters. The minimum atomic E-state index is -0.553. The summed E-state index contributed by atoms with van der Waals surface area (Å²) in [6.45, 7) is 4.34. The van der Waals surface area contributed by atoms with E-state index in [0.717, 1.165) is 43.6 Å². The third kappa shape index (κ3) is 4.43. The Bertz CT molecular complexity index is 1110. The molecule has 0 radical (unpaired) electrons. The Morgan fingerprint density at radius 2 is 2.16 bits per heavy atom. The van der Waals surface area contributed by atoms with E-state index in [2.05, 4.69) is 29.1 Å². The van der Waals surface area contributed by atoms with E-state index in [1.807, 2.05) is 12.1 Å². The fourth-order valence-corrected chi connectivity index (χ4v) is 4.63. The molecule has 1 aliphatic rings. The molecule has 7 heteroatoms. The van der Waals surface area contributed by atoms with Crippen LogP contribution in [0.4, 0.5) is 4.39 Å². The van der Waals surface area contributed by atoms with Crippen molar-refractivity contribution >= 4 is 16.8 Å². The average molecular weight is 440 g/mol. The standard InChI is InChI=1S/C25H30FN3O3/c1-3-10-29(11-4-5-16-14-28-23-9-6-18(31-2)13-20(16)23)17-12-21-19(25(27)30)7-8-22(26)24(21)32-15-17/h6-9,13-14,17,28H,3-5,10-12,15H2,1-2H3,(H2,27,30). The molecule has 6 nitrogen and oxygen atoms in total. The number of hydrogen-bond acceptors (Lipinski definition) is 4. The fraction of sp³-hybridized carbons (Fsp3) is 0.400. The molecule has 0 bridgehead atoms. The number of primary amides is 1. The van der Waals surface area contributed by atoms with Gasteiger partial charge in [-0.1, -0.05) is 6.92 Å². The number of carbonyl (C=O) groups is 1. The van der Waals surface area contributed by atoms with Gasteiger partial charge in [0, 0.05) is 34.3 Å². The number of carbonyl (C=O) groups excluding carboxylic acids is 1. The smallest absolute Gasteiger partial charge is 0.249 e. The summed E-state index contributed by atoms with van der Waals surface area (Å²) in [5.41, 5.74) is 8.82. The van der Waals surface area contributed by atoms with Crippen molar-refractivity contribution in [1.82, 2.24) is 9.88 Å². The minimum Gasteiger partial charge on any atom is -0.497 e. The van der Waals surface area contributed by atoms with E-state index in [-0.39, 0.29) is 11.8 Å². The molecule has 0 spiro atoms. The highest BCUT2D eigenvalue weighted by Gasteiger charge is 2.30. The monoisotopic (exact) mass is 439 g/mol. The third-order valence-electron chi connectivity index (χ3n) is 6.23. The van der Waals surface area contributed by atoms with Gasteiger partial charge in [0.25, 0.3) is 0 Å². The van der Waals surface area contributed by atoms with Crippen LogP contribution in [0.5, 0.6) is 11.5 Å². The molecule has 2 heterocycles. The van der Waals surface area contributed by atoms with Crippen molar-refractivity contribution in [2.24, 2.45) is 5.73 Å². The summed E-state index contributed by atoms with van der Waals surface area (Å²) in [5, 5.41) is 1.18. The zero-order valence-electron chi connectivity index (χ0n) is 18.6. The largest absolute Gasteiger partial charge is 0.497 e. The summed E-state index contributed by atoms with van der Waals surface area (Å²) in [4.78, 5) is 17.6. The second kappa shape index (κ2) is 9.61. The van der Waals surface area contributed by atoms with Crippen LogP contribution in [-0.2, 0) is 12.8 Å². The summed E-state index contributed by atoms with van der Waals surface area (Å²) in [7, 11) is 1.68. The average Bonchev–Trinajstić information content (AvgIpc) is 3.20. The molecule has 1 atom stereocenters. The van der Waals surface area contributed by atoms with Crippen LogP contribution in [0.15, 0.2) is 36.5 Å². The van der Waals surface area contributed by atoms with E-state index in [0.29, 0.717) is 24.2 Å². The second-order valence-electron chi connectivity index (χ2n) is 8.30. The Kier molecular flexibility index (Phi) is 6.65. The Morgan fingerprint density at radius 1 is 1.31 bits per heavy atom. The molecule has 2 aromatic carbocycles. The summed E-state index contributed by atoms with van der Waals surface area (Å²) in [6.07, 6.45) is 5.52. The molecule has 4 rings (SSSR count). The molecular formula is C25H30FN3O3. The number of nitrogens with one attached hydrogen (secondary N) is 1. The molecule has 1 amide bonds. The minimum absolute atomic E-state index is 0.0745. The molecule has 1 aromatic heterocycles. The van der Waals surface area contributed by atoms with Crippen LogP contribution < -0.4 is 15.2 Å². The van der Waals surface area contributed by atoms with Crippen LogP contribution in [0.1, 0.15) is 41.3 Å². The SMILES string of the molecule is CCCN(CCCc1c[nH]c2ccc(OC)cc12)C1COc2c(F)ccc(C(N)=O)c2C1. The molecule has 0 saturated heterocycles.